The lowest BCUT2D eigenvalue weighted by Gasteiger charge is -2.25. The maximum absolute atomic E-state index is 9.72. The van der Waals surface area contributed by atoms with Crippen LogP contribution >= 0.6 is 15.9 Å². The topological polar surface area (TPSA) is 71.7 Å². The van der Waals surface area contributed by atoms with Crippen LogP contribution in [0.1, 0.15) is 44.2 Å². The Morgan fingerprint density at radius 1 is 1.43 bits per heavy atom. The van der Waals surface area contributed by atoms with E-state index in [1.54, 1.807) is 7.11 Å². The van der Waals surface area contributed by atoms with Crippen LogP contribution in [0.5, 0.6) is 0 Å². The summed E-state index contributed by atoms with van der Waals surface area (Å²) in [5.41, 5.74) is 2.15. The van der Waals surface area contributed by atoms with Crippen molar-refractivity contribution in [3.05, 3.63) is 22.4 Å². The molecule has 1 aliphatic rings. The standard InChI is InChI=1S/C16H23BrN4O2/c1-10(9-23-2)19-16-18-8-15-13(17)7-14(21(15)20-16)11-3-5-12(22)6-4-11/h7-8,10-12,22H,3-6,9H2,1-2H3,(H,19,20). The van der Waals surface area contributed by atoms with E-state index < -0.39 is 0 Å². The van der Waals surface area contributed by atoms with Gasteiger partial charge in [-0.25, -0.2) is 9.50 Å². The van der Waals surface area contributed by atoms with Crippen molar-refractivity contribution in [2.75, 3.05) is 19.0 Å². The Labute approximate surface area is 144 Å². The number of hydrogen-bond acceptors (Lipinski definition) is 5. The molecule has 2 aromatic heterocycles. The van der Waals surface area contributed by atoms with Crippen molar-refractivity contribution in [3.63, 3.8) is 0 Å². The zero-order chi connectivity index (χ0) is 16.4. The fraction of sp³-hybridized carbons (Fsp3) is 0.625. The van der Waals surface area contributed by atoms with E-state index >= 15 is 0 Å². The molecule has 0 aromatic carbocycles. The second-order valence-electron chi connectivity index (χ2n) is 6.30. The second-order valence-corrected chi connectivity index (χ2v) is 7.16. The molecule has 126 valence electrons. The van der Waals surface area contributed by atoms with Gasteiger partial charge in [-0.15, -0.1) is 5.10 Å². The second kappa shape index (κ2) is 7.15. The summed E-state index contributed by atoms with van der Waals surface area (Å²) in [5.74, 6) is 1.03. The highest BCUT2D eigenvalue weighted by Gasteiger charge is 2.24. The maximum atomic E-state index is 9.72. The smallest absolute Gasteiger partial charge is 0.241 e. The molecule has 6 nitrogen and oxygen atoms in total. The Morgan fingerprint density at radius 2 is 2.17 bits per heavy atom. The predicted octanol–water partition coefficient (Wildman–Crippen LogP) is 2.96. The van der Waals surface area contributed by atoms with Crippen molar-refractivity contribution in [1.29, 1.82) is 0 Å². The zero-order valence-corrected chi connectivity index (χ0v) is 15.1. The van der Waals surface area contributed by atoms with Gasteiger partial charge in [0, 0.05) is 29.2 Å². The van der Waals surface area contributed by atoms with Crippen LogP contribution in [0.15, 0.2) is 16.7 Å². The van der Waals surface area contributed by atoms with Crippen molar-refractivity contribution in [2.24, 2.45) is 0 Å². The van der Waals surface area contributed by atoms with Crippen molar-refractivity contribution < 1.29 is 9.84 Å². The molecule has 2 aromatic rings. The summed E-state index contributed by atoms with van der Waals surface area (Å²) in [6.07, 6.45) is 5.38. The number of aliphatic hydroxyl groups is 1. The lowest BCUT2D eigenvalue weighted by Crippen LogP contribution is -2.23. The molecular weight excluding hydrogens is 360 g/mol. The Balaban J connectivity index is 1.89. The first-order chi connectivity index (χ1) is 11.1. The highest BCUT2D eigenvalue weighted by Crippen LogP contribution is 2.36. The number of nitrogens with zero attached hydrogens (tertiary/aromatic N) is 3. The maximum Gasteiger partial charge on any atom is 0.241 e. The van der Waals surface area contributed by atoms with Gasteiger partial charge < -0.3 is 15.2 Å². The van der Waals surface area contributed by atoms with Crippen molar-refractivity contribution in [3.8, 4) is 0 Å². The average Bonchev–Trinajstić information content (AvgIpc) is 2.85. The van der Waals surface area contributed by atoms with E-state index in [-0.39, 0.29) is 12.1 Å². The summed E-state index contributed by atoms with van der Waals surface area (Å²) in [6, 6.07) is 2.28. The highest BCUT2D eigenvalue weighted by atomic mass is 79.9. The molecule has 3 rings (SSSR count). The van der Waals surface area contributed by atoms with Crippen LogP contribution in [0.3, 0.4) is 0 Å². The number of nitrogens with one attached hydrogen (secondary N) is 1. The molecule has 0 radical (unpaired) electrons. The van der Waals surface area contributed by atoms with Crippen LogP contribution in [-0.4, -0.2) is 45.6 Å². The summed E-state index contributed by atoms with van der Waals surface area (Å²) < 4.78 is 8.12. The minimum absolute atomic E-state index is 0.143. The third-order valence-electron chi connectivity index (χ3n) is 4.40. The minimum atomic E-state index is -0.150. The summed E-state index contributed by atoms with van der Waals surface area (Å²) in [7, 11) is 1.68. The van der Waals surface area contributed by atoms with Gasteiger partial charge in [0.1, 0.15) is 0 Å². The molecule has 0 saturated heterocycles. The first-order valence-electron chi connectivity index (χ1n) is 8.06. The van der Waals surface area contributed by atoms with Gasteiger partial charge in [0.25, 0.3) is 0 Å². The molecule has 0 spiro atoms. The lowest BCUT2D eigenvalue weighted by molar-refractivity contribution is 0.121. The molecule has 1 aliphatic carbocycles. The molecule has 1 fully saturated rings. The normalized spacial score (nSPS) is 23.1. The van der Waals surface area contributed by atoms with E-state index in [1.165, 1.54) is 5.69 Å². The van der Waals surface area contributed by atoms with E-state index in [9.17, 15) is 5.11 Å². The predicted molar refractivity (Wildman–Crippen MR) is 92.9 cm³/mol. The van der Waals surface area contributed by atoms with E-state index in [0.717, 1.165) is 35.7 Å². The van der Waals surface area contributed by atoms with Gasteiger partial charge >= 0.3 is 0 Å². The largest absolute Gasteiger partial charge is 0.393 e. The molecule has 23 heavy (non-hydrogen) atoms. The van der Waals surface area contributed by atoms with Crippen molar-refractivity contribution in [1.82, 2.24) is 14.6 Å². The third kappa shape index (κ3) is 3.67. The highest BCUT2D eigenvalue weighted by molar-refractivity contribution is 9.10. The minimum Gasteiger partial charge on any atom is -0.393 e. The molecular formula is C16H23BrN4O2. The van der Waals surface area contributed by atoms with Crippen LogP contribution in [0.2, 0.25) is 0 Å². The molecule has 2 N–H and O–H groups in total. The van der Waals surface area contributed by atoms with Gasteiger partial charge in [0.15, 0.2) is 0 Å². The van der Waals surface area contributed by atoms with Gasteiger partial charge in [0.05, 0.1) is 24.4 Å². The number of hydrogen-bond donors (Lipinski definition) is 2. The molecule has 7 heteroatoms. The molecule has 0 amide bonds. The summed E-state index contributed by atoms with van der Waals surface area (Å²) in [6.45, 7) is 2.64. The Kier molecular flexibility index (Phi) is 5.18. The number of rotatable bonds is 5. The first-order valence-corrected chi connectivity index (χ1v) is 8.85. The van der Waals surface area contributed by atoms with Crippen LogP contribution in [-0.2, 0) is 4.74 Å². The van der Waals surface area contributed by atoms with Crippen LogP contribution in [0, 0.1) is 0 Å². The van der Waals surface area contributed by atoms with Gasteiger partial charge in [-0.2, -0.15) is 0 Å². The number of fused-ring (bicyclic) bond motifs is 1. The number of aliphatic hydroxyl groups excluding tert-OH is 1. The van der Waals surface area contributed by atoms with Crippen molar-refractivity contribution >= 4 is 27.4 Å². The summed E-state index contributed by atoms with van der Waals surface area (Å²) in [5, 5.41) is 17.6. The quantitative estimate of drug-likeness (QED) is 0.831. The number of aromatic nitrogens is 3. The fourth-order valence-corrected chi connectivity index (χ4v) is 3.72. The van der Waals surface area contributed by atoms with Crippen LogP contribution in [0.4, 0.5) is 5.95 Å². The summed E-state index contributed by atoms with van der Waals surface area (Å²) >= 11 is 3.61. The average molecular weight is 383 g/mol. The molecule has 0 aliphatic heterocycles. The van der Waals surface area contributed by atoms with E-state index in [1.807, 2.05) is 17.6 Å². The molecule has 1 atom stereocenters. The van der Waals surface area contributed by atoms with Gasteiger partial charge in [-0.05, 0) is 54.6 Å². The monoisotopic (exact) mass is 382 g/mol. The Morgan fingerprint density at radius 3 is 2.87 bits per heavy atom. The zero-order valence-electron chi connectivity index (χ0n) is 13.5. The Bertz CT molecular complexity index is 667. The number of methoxy groups -OCH3 is 1. The number of ether oxygens (including phenoxy) is 1. The number of halogens is 1. The fourth-order valence-electron chi connectivity index (χ4n) is 3.22. The Hall–Kier alpha value is -1.18. The van der Waals surface area contributed by atoms with Crippen LogP contribution in [0.25, 0.3) is 5.52 Å². The molecule has 1 saturated carbocycles. The summed E-state index contributed by atoms with van der Waals surface area (Å²) in [4.78, 5) is 4.39. The van der Waals surface area contributed by atoms with Gasteiger partial charge in [-0.1, -0.05) is 0 Å². The van der Waals surface area contributed by atoms with Crippen LogP contribution < -0.4 is 5.32 Å². The molecule has 0 bridgehead atoms. The van der Waals surface area contributed by atoms with Crippen molar-refractivity contribution in [2.45, 2.75) is 50.7 Å². The van der Waals surface area contributed by atoms with Gasteiger partial charge in [0.2, 0.25) is 5.95 Å². The molecule has 1 unspecified atom stereocenters. The van der Waals surface area contributed by atoms with E-state index in [4.69, 9.17) is 4.74 Å². The first kappa shape index (κ1) is 16.7. The van der Waals surface area contributed by atoms with E-state index in [0.29, 0.717) is 18.5 Å². The lowest BCUT2D eigenvalue weighted by atomic mass is 9.85. The van der Waals surface area contributed by atoms with E-state index in [2.05, 4.69) is 37.4 Å². The van der Waals surface area contributed by atoms with Gasteiger partial charge in [-0.3, -0.25) is 0 Å². The number of anilines is 1. The molecule has 2 heterocycles. The third-order valence-corrected chi connectivity index (χ3v) is 5.04. The SMILES string of the molecule is COCC(C)Nc1ncc2c(Br)cc(C3CCC(O)CC3)n2n1.